The summed E-state index contributed by atoms with van der Waals surface area (Å²) in [6.45, 7) is 0.00363. The van der Waals surface area contributed by atoms with Crippen LogP contribution in [0.25, 0.3) is 10.9 Å². The summed E-state index contributed by atoms with van der Waals surface area (Å²) in [5, 5.41) is 7.36. The summed E-state index contributed by atoms with van der Waals surface area (Å²) in [5.41, 5.74) is 0.0905. The van der Waals surface area contributed by atoms with Gasteiger partial charge in [0, 0.05) is 37.9 Å². The number of Topliss-reactive ketones (excluding diaryl/α,β-unsaturated/α-hetero) is 1. The fraction of sp³-hybridized carbons (Fsp3) is 0.261. The van der Waals surface area contributed by atoms with Crippen LogP contribution in [-0.2, 0) is 20.6 Å². The average Bonchev–Trinajstić information content (AvgIpc) is 3.61. The summed E-state index contributed by atoms with van der Waals surface area (Å²) >= 11 is 0. The number of rotatable bonds is 7. The third-order valence-electron chi connectivity index (χ3n) is 6.22. The third-order valence-corrected chi connectivity index (χ3v) is 6.67. The van der Waals surface area contributed by atoms with E-state index in [1.54, 1.807) is 35.2 Å². The SMILES string of the molecule is O=C(C(=O)N1CCN(C(=O)c2ccccc2)CC1)c1cn(COP(=O)(O)O)c2c([N+]3=CCN=N3)ncc(F)c12. The van der Waals surface area contributed by atoms with Crippen molar-refractivity contribution in [3.63, 3.8) is 0 Å². The normalized spacial score (nSPS) is 15.6. The topological polar surface area (TPSA) is 170 Å². The van der Waals surface area contributed by atoms with Gasteiger partial charge in [-0.1, -0.05) is 18.2 Å². The fourth-order valence-corrected chi connectivity index (χ4v) is 4.65. The molecule has 0 bridgehead atoms. The molecule has 2 aliphatic rings. The van der Waals surface area contributed by atoms with E-state index in [1.807, 2.05) is 0 Å². The maximum atomic E-state index is 15.1. The molecule has 0 unspecified atom stereocenters. The molecule has 2 aliphatic heterocycles. The molecule has 14 nitrogen and oxygen atoms in total. The molecule has 5 rings (SSSR count). The van der Waals surface area contributed by atoms with E-state index < -0.39 is 32.1 Å². The molecule has 0 atom stereocenters. The van der Waals surface area contributed by atoms with Gasteiger partial charge in [0.2, 0.25) is 0 Å². The molecule has 0 saturated carbocycles. The Balaban J connectivity index is 1.43. The highest BCUT2D eigenvalue weighted by Crippen LogP contribution is 2.38. The molecule has 0 aliphatic carbocycles. The fourth-order valence-electron chi connectivity index (χ4n) is 4.38. The van der Waals surface area contributed by atoms with E-state index in [9.17, 15) is 28.7 Å². The number of carbonyl (C=O) groups excluding carboxylic acids is 3. The number of hydrogen-bond acceptors (Lipinski definition) is 8. The minimum absolute atomic E-state index is 0.0153. The highest BCUT2D eigenvalue weighted by atomic mass is 31.2. The maximum absolute atomic E-state index is 15.1. The number of phosphoric ester groups is 1. The van der Waals surface area contributed by atoms with Crippen LogP contribution in [0.3, 0.4) is 0 Å². The quantitative estimate of drug-likeness (QED) is 0.190. The van der Waals surface area contributed by atoms with Gasteiger partial charge in [-0.15, -0.1) is 9.67 Å². The maximum Gasteiger partial charge on any atom is 0.471 e. The molecule has 1 aromatic carbocycles. The Morgan fingerprint density at radius 3 is 2.41 bits per heavy atom. The van der Waals surface area contributed by atoms with Crippen molar-refractivity contribution in [2.75, 3.05) is 32.7 Å². The van der Waals surface area contributed by atoms with Gasteiger partial charge < -0.3 is 24.2 Å². The first-order valence-electron chi connectivity index (χ1n) is 11.7. The summed E-state index contributed by atoms with van der Waals surface area (Å²) in [4.78, 5) is 64.5. The summed E-state index contributed by atoms with van der Waals surface area (Å²) in [7, 11) is -4.94. The van der Waals surface area contributed by atoms with Crippen LogP contribution < -0.4 is 0 Å². The monoisotopic (exact) mass is 558 g/mol. The first-order chi connectivity index (χ1) is 18.6. The van der Waals surface area contributed by atoms with Crippen LogP contribution in [0.15, 0.2) is 53.1 Å². The molecule has 202 valence electrons. The zero-order valence-corrected chi connectivity index (χ0v) is 21.1. The lowest BCUT2D eigenvalue weighted by atomic mass is 10.1. The van der Waals surface area contributed by atoms with Crippen molar-refractivity contribution >= 4 is 48.4 Å². The Morgan fingerprint density at radius 1 is 1.08 bits per heavy atom. The van der Waals surface area contributed by atoms with Crippen LogP contribution in [0.1, 0.15) is 20.7 Å². The van der Waals surface area contributed by atoms with Gasteiger partial charge in [0.15, 0.2) is 12.4 Å². The molecule has 1 fully saturated rings. The van der Waals surface area contributed by atoms with Crippen molar-refractivity contribution in [3.8, 4) is 0 Å². The minimum atomic E-state index is -4.94. The van der Waals surface area contributed by atoms with Crippen molar-refractivity contribution in [2.24, 2.45) is 10.3 Å². The number of hydrogen-bond donors (Lipinski definition) is 2. The van der Waals surface area contributed by atoms with Crippen LogP contribution in [0.4, 0.5) is 10.2 Å². The second-order valence-corrected chi connectivity index (χ2v) is 9.87. The number of carbonyl (C=O) groups is 3. The lowest BCUT2D eigenvalue weighted by Crippen LogP contribution is -2.52. The van der Waals surface area contributed by atoms with Crippen molar-refractivity contribution < 1.29 is 42.3 Å². The average molecular weight is 558 g/mol. The standard InChI is InChI=1S/C23H21FN7O7P/c24-17-12-25-21(31-7-6-26-27-31)19-18(17)16(13-30(19)14-38-39(35,36)37)20(32)23(34)29-10-8-28(9-11-29)22(33)15-4-2-1-3-5-15/h1-5,7,12-13H,6,8-11,14H2,(H-,35,36,37)/p+1. The molecule has 2 aromatic heterocycles. The van der Waals surface area contributed by atoms with Crippen LogP contribution in [0.2, 0.25) is 0 Å². The van der Waals surface area contributed by atoms with Crippen molar-refractivity contribution in [2.45, 2.75) is 6.73 Å². The van der Waals surface area contributed by atoms with Gasteiger partial charge in [0.1, 0.15) is 24.7 Å². The zero-order chi connectivity index (χ0) is 27.7. The number of halogens is 1. The largest absolute Gasteiger partial charge is 0.471 e. The third kappa shape index (κ3) is 5.38. The number of piperazine rings is 1. The van der Waals surface area contributed by atoms with Crippen molar-refractivity contribution in [1.82, 2.24) is 19.4 Å². The van der Waals surface area contributed by atoms with Crippen molar-refractivity contribution in [1.29, 1.82) is 0 Å². The lowest BCUT2D eigenvalue weighted by molar-refractivity contribution is -0.446. The van der Waals surface area contributed by atoms with Gasteiger partial charge in [-0.25, -0.2) is 8.96 Å². The summed E-state index contributed by atoms with van der Waals surface area (Å²) in [6, 6.07) is 8.67. The molecular weight excluding hydrogens is 536 g/mol. The Hall–Kier alpha value is -4.17. The highest BCUT2D eigenvalue weighted by Gasteiger charge is 2.34. The van der Waals surface area contributed by atoms with Gasteiger partial charge in [0.05, 0.1) is 16.2 Å². The number of phosphoric acid groups is 1. The van der Waals surface area contributed by atoms with Gasteiger partial charge in [-0.05, 0) is 17.2 Å². The van der Waals surface area contributed by atoms with Crippen LogP contribution >= 0.6 is 7.82 Å². The van der Waals surface area contributed by atoms with E-state index in [4.69, 9.17) is 0 Å². The van der Waals surface area contributed by atoms with E-state index in [1.165, 1.54) is 15.8 Å². The Morgan fingerprint density at radius 2 is 1.77 bits per heavy atom. The van der Waals surface area contributed by atoms with Crippen LogP contribution in [-0.4, -0.2) is 90.4 Å². The molecule has 3 aromatic rings. The van der Waals surface area contributed by atoms with Gasteiger partial charge in [-0.2, -0.15) is 0 Å². The van der Waals surface area contributed by atoms with E-state index in [-0.39, 0.29) is 60.9 Å². The first kappa shape index (κ1) is 26.4. The van der Waals surface area contributed by atoms with E-state index in [0.29, 0.717) is 5.56 Å². The summed E-state index contributed by atoms with van der Waals surface area (Å²) < 4.78 is 33.3. The second kappa shape index (κ2) is 10.5. The molecule has 4 heterocycles. The van der Waals surface area contributed by atoms with Gasteiger partial charge >= 0.3 is 13.6 Å². The Bertz CT molecular complexity index is 1580. The molecule has 1 saturated heterocycles. The molecule has 2 N–H and O–H groups in total. The molecular formula is C23H22FN7O7P+. The van der Waals surface area contributed by atoms with E-state index >= 15 is 4.39 Å². The van der Waals surface area contributed by atoms with Gasteiger partial charge in [-0.3, -0.25) is 18.9 Å². The summed E-state index contributed by atoms with van der Waals surface area (Å²) in [6.07, 6.45) is 3.45. The van der Waals surface area contributed by atoms with Crippen molar-refractivity contribution in [3.05, 3.63) is 59.7 Å². The number of aromatic nitrogens is 2. The lowest BCUT2D eigenvalue weighted by Gasteiger charge is -2.34. The predicted molar refractivity (Wildman–Crippen MR) is 132 cm³/mol. The van der Waals surface area contributed by atoms with Crippen LogP contribution in [0, 0.1) is 5.82 Å². The highest BCUT2D eigenvalue weighted by molar-refractivity contribution is 7.46. The number of fused-ring (bicyclic) bond motifs is 1. The number of amides is 2. The smallest absolute Gasteiger partial charge is 0.335 e. The minimum Gasteiger partial charge on any atom is -0.335 e. The zero-order valence-electron chi connectivity index (χ0n) is 20.3. The molecule has 0 radical (unpaired) electrons. The Labute approximate surface area is 219 Å². The summed E-state index contributed by atoms with van der Waals surface area (Å²) in [5.74, 6) is -3.07. The number of pyridine rings is 1. The molecule has 2 amide bonds. The number of ketones is 1. The number of nitrogens with zero attached hydrogens (tertiary/aromatic N) is 7. The predicted octanol–water partition coefficient (Wildman–Crippen LogP) is 1.51. The molecule has 0 spiro atoms. The van der Waals surface area contributed by atoms with Crippen LogP contribution in [0.5, 0.6) is 0 Å². The second-order valence-electron chi connectivity index (χ2n) is 8.63. The van der Waals surface area contributed by atoms with E-state index in [0.717, 1.165) is 17.0 Å². The molecule has 16 heteroatoms. The van der Waals surface area contributed by atoms with E-state index in [2.05, 4.69) is 19.8 Å². The Kier molecular flexibility index (Phi) is 7.14. The van der Waals surface area contributed by atoms with Gasteiger partial charge in [0.25, 0.3) is 17.6 Å². The first-order valence-corrected chi connectivity index (χ1v) is 13.2. The molecule has 39 heavy (non-hydrogen) atoms. The number of benzene rings is 1.